The van der Waals surface area contributed by atoms with Gasteiger partial charge in [-0.2, -0.15) is 4.98 Å². The van der Waals surface area contributed by atoms with Gasteiger partial charge in [-0.1, -0.05) is 34.1 Å². The fourth-order valence-corrected chi connectivity index (χ4v) is 3.35. The van der Waals surface area contributed by atoms with E-state index >= 15 is 0 Å². The zero-order chi connectivity index (χ0) is 18.8. The number of nitrogens with zero attached hydrogens (tertiary/aromatic N) is 6. The average molecular weight is 387 g/mol. The lowest BCUT2D eigenvalue weighted by Gasteiger charge is -2.32. The van der Waals surface area contributed by atoms with Gasteiger partial charge in [-0.3, -0.25) is 4.79 Å². The summed E-state index contributed by atoms with van der Waals surface area (Å²) in [6, 6.07) is 7.61. The van der Waals surface area contributed by atoms with Gasteiger partial charge in [-0.25, -0.2) is 4.68 Å². The summed E-state index contributed by atoms with van der Waals surface area (Å²) in [6.45, 7) is 3.16. The van der Waals surface area contributed by atoms with Gasteiger partial charge in [0.2, 0.25) is 5.91 Å². The van der Waals surface area contributed by atoms with Crippen LogP contribution in [0.3, 0.4) is 0 Å². The van der Waals surface area contributed by atoms with Crippen molar-refractivity contribution in [2.24, 2.45) is 0 Å². The summed E-state index contributed by atoms with van der Waals surface area (Å²) in [6.07, 6.45) is 3.88. The number of aromatic nitrogens is 5. The highest BCUT2D eigenvalue weighted by atomic mass is 35.5. The topological polar surface area (TPSA) is 89.9 Å². The molecule has 3 heterocycles. The Kier molecular flexibility index (Phi) is 4.89. The summed E-state index contributed by atoms with van der Waals surface area (Å²) in [5, 5.41) is 12.8. The predicted molar refractivity (Wildman–Crippen MR) is 98.1 cm³/mol. The van der Waals surface area contributed by atoms with Gasteiger partial charge in [0, 0.05) is 18.1 Å². The molecule has 1 fully saturated rings. The second-order valence-electron chi connectivity index (χ2n) is 6.65. The van der Waals surface area contributed by atoms with Crippen LogP contribution in [0.15, 0.2) is 35.0 Å². The van der Waals surface area contributed by atoms with E-state index in [2.05, 4.69) is 20.5 Å². The van der Waals surface area contributed by atoms with E-state index < -0.39 is 0 Å². The van der Waals surface area contributed by atoms with Gasteiger partial charge in [-0.15, -0.1) is 5.10 Å². The molecule has 3 aromatic rings. The fraction of sp³-hybridized carbons (Fsp3) is 0.389. The molecule has 1 saturated heterocycles. The molecule has 0 unspecified atom stereocenters. The van der Waals surface area contributed by atoms with Crippen molar-refractivity contribution >= 4 is 17.5 Å². The van der Waals surface area contributed by atoms with Crippen LogP contribution in [0.2, 0.25) is 5.02 Å². The van der Waals surface area contributed by atoms with Crippen LogP contribution in [0.1, 0.15) is 30.3 Å². The third kappa shape index (κ3) is 4.00. The minimum atomic E-state index is 0.136. The van der Waals surface area contributed by atoms with Crippen molar-refractivity contribution in [1.29, 1.82) is 0 Å². The van der Waals surface area contributed by atoms with E-state index in [1.165, 1.54) is 0 Å². The molecule has 2 aromatic heterocycles. The van der Waals surface area contributed by atoms with Gasteiger partial charge in [0.15, 0.2) is 11.5 Å². The Hall–Kier alpha value is -2.74. The van der Waals surface area contributed by atoms with Crippen LogP contribution in [0.5, 0.6) is 0 Å². The molecule has 1 amide bonds. The van der Waals surface area contributed by atoms with Gasteiger partial charge in [0.05, 0.1) is 18.7 Å². The first-order chi connectivity index (χ1) is 13.1. The molecule has 0 N–H and O–H groups in total. The van der Waals surface area contributed by atoms with Gasteiger partial charge >= 0.3 is 0 Å². The number of aryl methyl sites for hydroxylation is 1. The lowest BCUT2D eigenvalue weighted by atomic mass is 10.0. The molecule has 27 heavy (non-hydrogen) atoms. The molecule has 0 radical (unpaired) electrons. The SMILES string of the molecule is Cc1noc(-c2cn(C3CCN(C(=O)Cc4ccc(Cl)cc4)CC3)nn2)n1. The summed E-state index contributed by atoms with van der Waals surface area (Å²) in [7, 11) is 0. The first-order valence-corrected chi connectivity index (χ1v) is 9.21. The highest BCUT2D eigenvalue weighted by molar-refractivity contribution is 6.30. The molecule has 0 aliphatic carbocycles. The Labute approximate surface area is 161 Å². The number of piperidine rings is 1. The Balaban J connectivity index is 1.34. The minimum absolute atomic E-state index is 0.136. The monoisotopic (exact) mass is 386 g/mol. The lowest BCUT2D eigenvalue weighted by molar-refractivity contribution is -0.131. The van der Waals surface area contributed by atoms with Crippen molar-refractivity contribution in [2.45, 2.75) is 32.2 Å². The van der Waals surface area contributed by atoms with Crippen LogP contribution in [-0.4, -0.2) is 49.0 Å². The molecule has 0 atom stereocenters. The van der Waals surface area contributed by atoms with Crippen molar-refractivity contribution < 1.29 is 9.32 Å². The maximum atomic E-state index is 12.5. The van der Waals surface area contributed by atoms with Crippen molar-refractivity contribution in [2.75, 3.05) is 13.1 Å². The van der Waals surface area contributed by atoms with E-state index in [-0.39, 0.29) is 11.9 Å². The lowest BCUT2D eigenvalue weighted by Crippen LogP contribution is -2.40. The van der Waals surface area contributed by atoms with Gasteiger partial charge in [0.25, 0.3) is 5.89 Å². The van der Waals surface area contributed by atoms with E-state index in [4.69, 9.17) is 16.1 Å². The van der Waals surface area contributed by atoms with Crippen LogP contribution < -0.4 is 0 Å². The second-order valence-corrected chi connectivity index (χ2v) is 7.08. The number of rotatable bonds is 4. The Morgan fingerprint density at radius 2 is 2.00 bits per heavy atom. The van der Waals surface area contributed by atoms with Crippen LogP contribution in [0, 0.1) is 6.92 Å². The number of carbonyl (C=O) groups excluding carboxylic acids is 1. The Bertz CT molecular complexity index is 927. The van der Waals surface area contributed by atoms with Crippen LogP contribution in [0.4, 0.5) is 0 Å². The Morgan fingerprint density at radius 1 is 1.26 bits per heavy atom. The quantitative estimate of drug-likeness (QED) is 0.684. The summed E-state index contributed by atoms with van der Waals surface area (Å²) < 4.78 is 6.95. The van der Waals surface area contributed by atoms with Crippen molar-refractivity contribution in [3.63, 3.8) is 0 Å². The maximum Gasteiger partial charge on any atom is 0.280 e. The first-order valence-electron chi connectivity index (χ1n) is 8.83. The van der Waals surface area contributed by atoms with E-state index in [1.807, 2.05) is 40.0 Å². The molecule has 0 saturated carbocycles. The third-order valence-corrected chi connectivity index (χ3v) is 4.97. The highest BCUT2D eigenvalue weighted by Gasteiger charge is 2.25. The number of hydrogen-bond acceptors (Lipinski definition) is 6. The average Bonchev–Trinajstić information content (AvgIpc) is 3.33. The molecule has 4 rings (SSSR count). The van der Waals surface area contributed by atoms with Gasteiger partial charge < -0.3 is 9.42 Å². The van der Waals surface area contributed by atoms with Crippen molar-refractivity contribution in [3.8, 4) is 11.6 Å². The molecule has 0 bridgehead atoms. The summed E-state index contributed by atoms with van der Waals surface area (Å²) in [5.74, 6) is 1.07. The molecular formula is C18H19ClN6O2. The van der Waals surface area contributed by atoms with Crippen LogP contribution in [-0.2, 0) is 11.2 Å². The van der Waals surface area contributed by atoms with E-state index in [1.54, 1.807) is 6.92 Å². The van der Waals surface area contributed by atoms with Crippen LogP contribution in [0.25, 0.3) is 11.6 Å². The number of amides is 1. The van der Waals surface area contributed by atoms with E-state index in [0.29, 0.717) is 41.9 Å². The number of benzene rings is 1. The molecule has 1 aliphatic rings. The van der Waals surface area contributed by atoms with E-state index in [0.717, 1.165) is 18.4 Å². The number of likely N-dealkylation sites (tertiary alicyclic amines) is 1. The molecule has 1 aromatic carbocycles. The van der Waals surface area contributed by atoms with Gasteiger partial charge in [0.1, 0.15) is 0 Å². The smallest absolute Gasteiger partial charge is 0.280 e. The van der Waals surface area contributed by atoms with Crippen molar-refractivity contribution in [1.82, 2.24) is 30.0 Å². The number of carbonyl (C=O) groups is 1. The summed E-state index contributed by atoms with van der Waals surface area (Å²) >= 11 is 5.89. The van der Waals surface area contributed by atoms with E-state index in [9.17, 15) is 4.79 Å². The molecule has 1 aliphatic heterocycles. The highest BCUT2D eigenvalue weighted by Crippen LogP contribution is 2.24. The maximum absolute atomic E-state index is 12.5. The Morgan fingerprint density at radius 3 is 2.67 bits per heavy atom. The summed E-state index contributed by atoms with van der Waals surface area (Å²) in [5.41, 5.74) is 1.54. The fourth-order valence-electron chi connectivity index (χ4n) is 3.22. The first kappa shape index (κ1) is 17.7. The standard InChI is InChI=1S/C18H19ClN6O2/c1-12-20-18(27-22-12)16-11-25(23-21-16)15-6-8-24(9-7-15)17(26)10-13-2-4-14(19)5-3-13/h2-5,11,15H,6-10H2,1H3. The number of hydrogen-bond donors (Lipinski definition) is 0. The molecule has 0 spiro atoms. The molecule has 9 heteroatoms. The third-order valence-electron chi connectivity index (χ3n) is 4.72. The number of halogens is 1. The molecule has 140 valence electrons. The minimum Gasteiger partial charge on any atom is -0.342 e. The second kappa shape index (κ2) is 7.48. The predicted octanol–water partition coefficient (Wildman–Crippen LogP) is 2.70. The normalized spacial score (nSPS) is 15.3. The molecule has 8 nitrogen and oxygen atoms in total. The van der Waals surface area contributed by atoms with Crippen LogP contribution >= 0.6 is 11.6 Å². The van der Waals surface area contributed by atoms with Crippen molar-refractivity contribution in [3.05, 3.63) is 46.9 Å². The largest absolute Gasteiger partial charge is 0.342 e. The molecular weight excluding hydrogens is 368 g/mol. The van der Waals surface area contributed by atoms with Gasteiger partial charge in [-0.05, 0) is 37.5 Å². The zero-order valence-corrected chi connectivity index (χ0v) is 15.6. The summed E-state index contributed by atoms with van der Waals surface area (Å²) in [4.78, 5) is 18.6. The zero-order valence-electron chi connectivity index (χ0n) is 14.9.